The number of fused-ring (bicyclic) bond motifs is 3. The zero-order valence-corrected chi connectivity index (χ0v) is 86.0. The van der Waals surface area contributed by atoms with Gasteiger partial charge in [-0.15, -0.1) is 49.9 Å². The number of hydrogen-bond donors (Lipinski definition) is 1. The van der Waals surface area contributed by atoms with Crippen LogP contribution in [-0.4, -0.2) is 117 Å². The van der Waals surface area contributed by atoms with Crippen molar-refractivity contribution in [2.24, 2.45) is 0 Å². The van der Waals surface area contributed by atoms with E-state index in [1.54, 1.807) is 0 Å². The van der Waals surface area contributed by atoms with Crippen molar-refractivity contribution in [3.63, 3.8) is 0 Å². The Morgan fingerprint density at radius 3 is 1.04 bits per heavy atom. The van der Waals surface area contributed by atoms with Gasteiger partial charge in [-0.25, -0.2) is 0 Å². The molecule has 123 heavy (non-hydrogen) atoms. The smallest absolute Gasteiger partial charge is 0.296 e. The summed E-state index contributed by atoms with van der Waals surface area (Å²) < 4.78 is 0. The summed E-state index contributed by atoms with van der Waals surface area (Å²) in [7, 11) is 1.31. The fourth-order valence-corrected chi connectivity index (χ4v) is 11.7. The predicted octanol–water partition coefficient (Wildman–Crippen LogP) is 29.2. The molecule has 0 spiro atoms. The number of aryl methyl sites for hydroxylation is 1. The molecule has 3 saturated heterocycles. The number of aromatic nitrogens is 3. The second kappa shape index (κ2) is 90.2. The number of halogens is 1. The van der Waals surface area contributed by atoms with Crippen LogP contribution >= 0.6 is 11.6 Å². The summed E-state index contributed by atoms with van der Waals surface area (Å²) >= 11 is 5.17. The minimum absolute atomic E-state index is 0. The van der Waals surface area contributed by atoms with Gasteiger partial charge in [0.05, 0.1) is 16.6 Å². The first-order valence-electron chi connectivity index (χ1n) is 44.6. The van der Waals surface area contributed by atoms with Gasteiger partial charge in [0.1, 0.15) is 16.5 Å². The number of anilines is 3. The molecule has 0 amide bonds. The molecule has 11 aromatic rings. The molecule has 3 aromatic heterocycles. The van der Waals surface area contributed by atoms with Gasteiger partial charge < -0.3 is 30.7 Å². The molecule has 17 heteroatoms. The molecule has 1 atom stereocenters. The normalized spacial score (nSPS) is 12.6. The van der Waals surface area contributed by atoms with E-state index in [2.05, 4.69) is 168 Å². The van der Waals surface area contributed by atoms with Crippen LogP contribution in [0.15, 0.2) is 255 Å². The number of ketones is 2. The maximum absolute atomic E-state index is 11.0. The number of rotatable bonds is 7. The van der Waals surface area contributed by atoms with Crippen molar-refractivity contribution in [1.29, 1.82) is 5.39 Å². The molecule has 2 radical (unpaired) electrons. The zero-order chi connectivity index (χ0) is 90.9. The number of nitrogens with zero attached hydrogens (tertiary/aromatic N) is 10. The fourth-order valence-electron chi connectivity index (χ4n) is 11.5. The van der Waals surface area contributed by atoms with Gasteiger partial charge in [-0.3, -0.25) is 29.3 Å². The van der Waals surface area contributed by atoms with Crippen molar-refractivity contribution < 1.29 is 79.8 Å². The fraction of sp³-hybridized carbons (Fsp3) is 0.415. The molecule has 2 saturated carbocycles. The summed E-state index contributed by atoms with van der Waals surface area (Å²) in [4.78, 5) is 55.0. The van der Waals surface area contributed by atoms with Crippen LogP contribution in [-0.2, 0) is 86.2 Å². The summed E-state index contributed by atoms with van der Waals surface area (Å²) in [5.74, 6) is 1.54. The minimum Gasteiger partial charge on any atom is -0.659 e. The Labute approximate surface area is 805 Å². The standard InChI is InChI=1S/C13H15N3.2C13H14N3.2C10H10O.C8H7ClO.C8H9.C7H7.11C2H6.CH3N2.CH4.2Y/c3*1-4-12-11(3-2-6-15-12)13(5-1)16-9-7-14-8-10-16;11-10-6-9(7-10)8-4-2-1-3-5-8;11-10-7-6-9(10)8-4-2-1-3-5-8;9-8(10)6-7-4-2-1-3-5-7;1-7-4-3-5-8(2)6-7;1-7-5-3-2-4-6-7;11*1-2;1-3-2;;;/h1-6,14H,7-10H2;2*1-6H,7-10H2;2*1-5,9H,6-7H2;1-5H,6H2;3-6H,1H2,2H3;2-6H,1H2;11*1-2H3;1H3;1H4;;/q;2*-1;;;;2*-1;;;;;;;;;;;;+1;;;. The van der Waals surface area contributed by atoms with E-state index in [4.69, 9.17) is 17.0 Å². The number of hydrogen-bond acceptors (Lipinski definition) is 11. The molecule has 672 valence electrons. The molecular weight excluding hydrogens is 1690 g/mol. The largest absolute Gasteiger partial charge is 0.659 e. The van der Waals surface area contributed by atoms with Crippen LogP contribution in [0, 0.1) is 26.2 Å². The van der Waals surface area contributed by atoms with Crippen molar-refractivity contribution in [2.75, 3.05) is 100 Å². The number of pyridine rings is 3. The van der Waals surface area contributed by atoms with E-state index >= 15 is 0 Å². The summed E-state index contributed by atoms with van der Waals surface area (Å²) in [5.41, 5.74) is 14.0. The first kappa shape index (κ1) is 128. The van der Waals surface area contributed by atoms with Crippen LogP contribution < -0.4 is 20.0 Å². The Morgan fingerprint density at radius 1 is 0.439 bits per heavy atom. The van der Waals surface area contributed by atoms with Crippen LogP contribution in [0.5, 0.6) is 0 Å². The number of benzene rings is 8. The van der Waals surface area contributed by atoms with Gasteiger partial charge in [0, 0.05) is 175 Å². The molecule has 5 fully saturated rings. The quantitative estimate of drug-likeness (QED) is 0.0916. The van der Waals surface area contributed by atoms with Gasteiger partial charge in [0.25, 0.3) is 7.05 Å². The Morgan fingerprint density at radius 2 is 0.756 bits per heavy atom. The van der Waals surface area contributed by atoms with E-state index in [1.165, 1.54) is 57.0 Å². The van der Waals surface area contributed by atoms with Crippen molar-refractivity contribution in [3.8, 4) is 0 Å². The third-order valence-corrected chi connectivity index (χ3v) is 16.9. The molecule has 2 aliphatic carbocycles. The SMILES string of the molecule is C.CC.CC.CC.CC.CC.CC.CC.CC.CC.CC.CC.C[N+]#N.O=C(Cl)Cc1ccccc1.O=C1CC(c2ccccc2)C1.O=C1CCC1c1ccccc1.[CH2-]c1cccc(C)c1.[CH2-]c1ccccc1.[Y].[Y].c1cc(N2CCNCC2)c2cccnc2c1.c1cc(N2CC[N-]CC2)c2cccnc2c1.c1cc(N2CC[N-]CC2)c2cccnc2c1. The van der Waals surface area contributed by atoms with Crippen LogP contribution in [0.3, 0.4) is 0 Å². The van der Waals surface area contributed by atoms with Crippen molar-refractivity contribution in [1.82, 2.24) is 20.3 Å². The average molecular weight is 1850 g/mol. The summed E-state index contributed by atoms with van der Waals surface area (Å²) in [6, 6.07) is 79.1. The number of Topliss-reactive ketones (excluding diaryl/α,β-unsaturated/α-hetero) is 2. The molecule has 14 nitrogen and oxygen atoms in total. The third-order valence-electron chi connectivity index (χ3n) is 16.7. The third kappa shape index (κ3) is 54.4. The second-order valence-electron chi connectivity index (χ2n) is 23.8. The summed E-state index contributed by atoms with van der Waals surface area (Å²) in [6.45, 7) is 65.7. The topological polar surface area (TPSA) is 168 Å². The molecule has 0 bridgehead atoms. The van der Waals surface area contributed by atoms with Gasteiger partial charge in [0.15, 0.2) is 0 Å². The molecular formula is C106H159ClN11O3Y2-3. The molecule has 8 aromatic carbocycles. The van der Waals surface area contributed by atoms with Gasteiger partial charge in [-0.05, 0) is 140 Å². The number of carbonyl (C=O) groups is 3. The zero-order valence-electron chi connectivity index (χ0n) is 79.6. The molecule has 16 rings (SSSR count). The predicted molar refractivity (Wildman–Crippen MR) is 538 cm³/mol. The molecule has 5 aliphatic rings. The van der Waals surface area contributed by atoms with E-state index in [9.17, 15) is 14.4 Å². The molecule has 3 aliphatic heterocycles. The van der Waals surface area contributed by atoms with Crippen molar-refractivity contribution in [2.45, 2.75) is 211 Å². The van der Waals surface area contributed by atoms with E-state index < -0.39 is 0 Å². The monoisotopic (exact) mass is 1850 g/mol. The molecule has 6 heterocycles. The Hall–Kier alpha value is -8.06. The Kier molecular flexibility index (Phi) is 93.9. The van der Waals surface area contributed by atoms with Crippen molar-refractivity contribution >= 4 is 78.2 Å². The van der Waals surface area contributed by atoms with E-state index in [0.29, 0.717) is 23.9 Å². The maximum Gasteiger partial charge on any atom is 0.296 e. The summed E-state index contributed by atoms with van der Waals surface area (Å²) in [6.07, 6.45) is 9.19. The number of diazo groups is 1. The van der Waals surface area contributed by atoms with E-state index in [0.717, 1.165) is 137 Å². The Bertz CT molecular complexity index is 3960. The number of piperazine rings is 3. The number of carbonyl (C=O) groups excluding carboxylic acids is 3. The van der Waals surface area contributed by atoms with Gasteiger partial charge in [-0.1, -0.05) is 288 Å². The average Bonchev–Trinajstić information content (AvgIpc) is 0.814. The minimum atomic E-state index is -0.314. The van der Waals surface area contributed by atoms with Gasteiger partial charge in [0.2, 0.25) is 10.6 Å². The molecule has 1 N–H and O–H groups in total. The number of nitrogens with one attached hydrogen (secondary N) is 1. The van der Waals surface area contributed by atoms with Crippen molar-refractivity contribution in [3.05, 3.63) is 318 Å². The van der Waals surface area contributed by atoms with Crippen LogP contribution in [0.4, 0.5) is 17.1 Å². The first-order valence-corrected chi connectivity index (χ1v) is 44.9. The van der Waals surface area contributed by atoms with Crippen LogP contribution in [0.2, 0.25) is 0 Å². The summed E-state index contributed by atoms with van der Waals surface area (Å²) in [5, 5.41) is 22.7. The second-order valence-corrected chi connectivity index (χ2v) is 24.2. The van der Waals surface area contributed by atoms with Gasteiger partial charge >= 0.3 is 0 Å². The van der Waals surface area contributed by atoms with Crippen LogP contribution in [0.25, 0.3) is 48.3 Å². The molecule has 1 unspecified atom stereocenters. The van der Waals surface area contributed by atoms with E-state index in [1.807, 2.05) is 310 Å². The maximum atomic E-state index is 11.0. The Balaban J connectivity index is -0.000000242. The van der Waals surface area contributed by atoms with Gasteiger partial charge in [-0.2, -0.15) is 49.2 Å². The first-order chi connectivity index (χ1) is 59.0. The van der Waals surface area contributed by atoms with E-state index in [-0.39, 0.29) is 84.0 Å². The van der Waals surface area contributed by atoms with Crippen LogP contribution in [0.1, 0.15) is 231 Å².